The van der Waals surface area contributed by atoms with Crippen LogP contribution in [0.3, 0.4) is 0 Å². The lowest BCUT2D eigenvalue weighted by atomic mass is 9.89. The van der Waals surface area contributed by atoms with Gasteiger partial charge in [0.15, 0.2) is 0 Å². The Labute approximate surface area is 51.7 Å². The first-order chi connectivity index (χ1) is 3.70. The van der Waals surface area contributed by atoms with Gasteiger partial charge >= 0.3 is 0 Å². The third kappa shape index (κ3) is 1.03. The number of hydrogen-bond acceptors (Lipinski definition) is 0. The highest BCUT2D eigenvalue weighted by Crippen LogP contribution is 2.10. The van der Waals surface area contributed by atoms with Crippen LogP contribution in [-0.2, 0) is 0 Å². The Morgan fingerprint density at radius 2 is 2.00 bits per heavy atom. The molecular weight excluding hydrogens is 98.1 g/mol. The van der Waals surface area contributed by atoms with Crippen molar-refractivity contribution in [2.24, 2.45) is 11.8 Å². The van der Waals surface area contributed by atoms with E-state index in [1.807, 2.05) is 0 Å². The molecule has 0 amide bonds. The third-order valence-electron chi connectivity index (χ3n) is 2.04. The van der Waals surface area contributed by atoms with Crippen molar-refractivity contribution in [3.63, 3.8) is 0 Å². The van der Waals surface area contributed by atoms with Gasteiger partial charge in [0.25, 0.3) is 0 Å². The summed E-state index contributed by atoms with van der Waals surface area (Å²) < 4.78 is 0. The second-order valence-corrected chi connectivity index (χ2v) is 3.16. The maximum Gasteiger partial charge on any atom is 0.0615 e. The van der Waals surface area contributed by atoms with Gasteiger partial charge in [0.05, 0.1) is 19.0 Å². The van der Waals surface area contributed by atoms with Gasteiger partial charge in [-0.05, 0) is 5.92 Å². The highest BCUT2D eigenvalue weighted by atomic mass is 15.2. The Bertz CT molecular complexity index is 72.5. The first-order valence-electron chi connectivity index (χ1n) is 3.37. The normalized spacial score (nSPS) is 37.5. The van der Waals surface area contributed by atoms with Crippen molar-refractivity contribution in [1.82, 2.24) is 0 Å². The van der Waals surface area contributed by atoms with Gasteiger partial charge in [0, 0.05) is 0 Å². The molecule has 0 bridgehead atoms. The molecule has 0 aromatic heterocycles. The molecule has 0 unspecified atom stereocenters. The van der Waals surface area contributed by atoms with Crippen molar-refractivity contribution in [2.75, 3.05) is 13.1 Å². The molecule has 1 heteroatoms. The van der Waals surface area contributed by atoms with Gasteiger partial charge in [-0.2, -0.15) is 7.05 Å². The third-order valence-corrected chi connectivity index (χ3v) is 2.04. The molecule has 1 aliphatic heterocycles. The molecule has 1 heterocycles. The summed E-state index contributed by atoms with van der Waals surface area (Å²) in [5.41, 5.74) is 0. The summed E-state index contributed by atoms with van der Waals surface area (Å²) in [6, 6.07) is 0. The van der Waals surface area contributed by atoms with Crippen LogP contribution in [0.2, 0.25) is 0 Å². The summed E-state index contributed by atoms with van der Waals surface area (Å²) in [7, 11) is 3.89. The van der Waals surface area contributed by atoms with Crippen LogP contribution in [0.25, 0.3) is 0 Å². The summed E-state index contributed by atoms with van der Waals surface area (Å²) >= 11 is 0. The van der Waals surface area contributed by atoms with E-state index in [1.165, 1.54) is 18.0 Å². The van der Waals surface area contributed by atoms with Gasteiger partial charge < -0.3 is 4.90 Å². The van der Waals surface area contributed by atoms with Crippen LogP contribution in [0, 0.1) is 18.9 Å². The number of rotatable bonds is 1. The monoisotopic (exact) mass is 113 g/mol. The van der Waals surface area contributed by atoms with Crippen LogP contribution in [0.5, 0.6) is 0 Å². The average Bonchev–Trinajstić information content (AvgIpc) is 1.57. The number of likely N-dealkylation sites (tertiary alicyclic amines) is 1. The first-order valence-corrected chi connectivity index (χ1v) is 3.37. The fourth-order valence-corrected chi connectivity index (χ4v) is 1.15. The molecule has 0 aliphatic carbocycles. The Kier molecular flexibility index (Phi) is 1.57. The highest BCUT2D eigenvalue weighted by molar-refractivity contribution is 4.65. The minimum atomic E-state index is 0.875. The quantitative estimate of drug-likeness (QED) is 0.455. The van der Waals surface area contributed by atoms with Crippen LogP contribution in [-0.4, -0.2) is 13.1 Å². The van der Waals surface area contributed by atoms with E-state index in [-0.39, 0.29) is 0 Å². The van der Waals surface area contributed by atoms with E-state index in [0.29, 0.717) is 0 Å². The molecule has 1 rings (SSSR count). The Morgan fingerprint density at radius 3 is 2.12 bits per heavy atom. The Hall–Kier alpha value is -0.0400. The van der Waals surface area contributed by atoms with Crippen molar-refractivity contribution in [2.45, 2.75) is 13.8 Å². The van der Waals surface area contributed by atoms with E-state index < -0.39 is 0 Å². The predicted molar refractivity (Wildman–Crippen MR) is 34.4 cm³/mol. The van der Waals surface area contributed by atoms with Crippen LogP contribution in [0.1, 0.15) is 13.8 Å². The van der Waals surface area contributed by atoms with Crippen molar-refractivity contribution in [3.05, 3.63) is 7.05 Å². The van der Waals surface area contributed by atoms with E-state index in [1.54, 1.807) is 0 Å². The molecule has 0 spiro atoms. The molecule has 0 atom stereocenters. The van der Waals surface area contributed by atoms with Crippen LogP contribution in [0.15, 0.2) is 0 Å². The van der Waals surface area contributed by atoms with Crippen LogP contribution in [0.4, 0.5) is 0 Å². The van der Waals surface area contributed by atoms with E-state index in [9.17, 15) is 0 Å². The largest absolute Gasteiger partial charge is 0.467 e. The lowest BCUT2D eigenvalue weighted by molar-refractivity contribution is -0.909. The number of hydrogen-bond donors (Lipinski definition) is 1. The van der Waals surface area contributed by atoms with Crippen molar-refractivity contribution >= 4 is 0 Å². The minimum Gasteiger partial charge on any atom is -0.467 e. The zero-order valence-electron chi connectivity index (χ0n) is 5.78. The molecule has 0 aromatic carbocycles. The molecule has 0 aromatic rings. The molecule has 0 saturated carbocycles. The van der Waals surface area contributed by atoms with Gasteiger partial charge in [-0.1, -0.05) is 13.8 Å². The molecule has 0 radical (unpaired) electrons. The highest BCUT2D eigenvalue weighted by Gasteiger charge is 2.26. The number of quaternary nitrogens is 1. The second-order valence-electron chi connectivity index (χ2n) is 3.16. The predicted octanol–water partition coefficient (Wildman–Crippen LogP) is -0.0513. The SMILES string of the molecule is [CH2-][NH+]1CC(C(C)C)C1. The van der Waals surface area contributed by atoms with Gasteiger partial charge in [0.1, 0.15) is 0 Å². The van der Waals surface area contributed by atoms with Crippen molar-refractivity contribution in [1.29, 1.82) is 0 Å². The summed E-state index contributed by atoms with van der Waals surface area (Å²) in [5.74, 6) is 1.84. The standard InChI is InChI=1S/C7H15N/c1-6(2)7-4-8(3)5-7/h6-8H,3-5H2,1-2H3. The molecule has 1 saturated heterocycles. The summed E-state index contributed by atoms with van der Waals surface area (Å²) in [5, 5.41) is 0. The van der Waals surface area contributed by atoms with E-state index in [0.717, 1.165) is 11.8 Å². The zero-order valence-corrected chi connectivity index (χ0v) is 5.78. The Morgan fingerprint density at radius 1 is 1.50 bits per heavy atom. The van der Waals surface area contributed by atoms with Crippen molar-refractivity contribution in [3.8, 4) is 0 Å². The van der Waals surface area contributed by atoms with Crippen LogP contribution >= 0.6 is 0 Å². The van der Waals surface area contributed by atoms with E-state index >= 15 is 0 Å². The van der Waals surface area contributed by atoms with Gasteiger partial charge in [-0.25, -0.2) is 0 Å². The molecule has 1 nitrogen and oxygen atoms in total. The maximum absolute atomic E-state index is 3.89. The smallest absolute Gasteiger partial charge is 0.0615 e. The fraction of sp³-hybridized carbons (Fsp3) is 0.857. The lowest BCUT2D eigenvalue weighted by Gasteiger charge is -2.40. The number of nitrogens with one attached hydrogen (secondary N) is 1. The second kappa shape index (κ2) is 2.06. The average molecular weight is 113 g/mol. The molecule has 1 N–H and O–H groups in total. The summed E-state index contributed by atoms with van der Waals surface area (Å²) in [4.78, 5) is 1.45. The summed E-state index contributed by atoms with van der Waals surface area (Å²) in [6.45, 7) is 7.16. The molecule has 8 heavy (non-hydrogen) atoms. The maximum atomic E-state index is 3.89. The molecule has 48 valence electrons. The Balaban J connectivity index is 2.15. The zero-order chi connectivity index (χ0) is 6.15. The van der Waals surface area contributed by atoms with E-state index in [2.05, 4.69) is 20.9 Å². The minimum absolute atomic E-state index is 0.875. The lowest BCUT2D eigenvalue weighted by Crippen LogP contribution is -3.16. The van der Waals surface area contributed by atoms with Crippen molar-refractivity contribution < 1.29 is 4.90 Å². The topological polar surface area (TPSA) is 4.44 Å². The van der Waals surface area contributed by atoms with Gasteiger partial charge in [-0.15, -0.1) is 0 Å². The van der Waals surface area contributed by atoms with E-state index in [4.69, 9.17) is 0 Å². The molecule has 1 fully saturated rings. The molecule has 1 aliphatic rings. The van der Waals surface area contributed by atoms with Gasteiger partial charge in [-0.3, -0.25) is 0 Å². The fourth-order valence-electron chi connectivity index (χ4n) is 1.15. The summed E-state index contributed by atoms with van der Waals surface area (Å²) in [6.07, 6.45) is 0. The first kappa shape index (κ1) is 6.09. The van der Waals surface area contributed by atoms with Crippen LogP contribution < -0.4 is 4.90 Å². The van der Waals surface area contributed by atoms with Gasteiger partial charge in [0.2, 0.25) is 0 Å². The molecular formula is C7H15N.